The van der Waals surface area contributed by atoms with Gasteiger partial charge in [0.25, 0.3) is 0 Å². The number of halogens is 2. The highest BCUT2D eigenvalue weighted by molar-refractivity contribution is 6.35. The van der Waals surface area contributed by atoms with Gasteiger partial charge in [-0.05, 0) is 36.2 Å². The Morgan fingerprint density at radius 1 is 1.15 bits per heavy atom. The molecule has 0 saturated carbocycles. The molecule has 0 spiro atoms. The maximum absolute atomic E-state index is 12.9. The van der Waals surface area contributed by atoms with Gasteiger partial charge < -0.3 is 10.3 Å². The van der Waals surface area contributed by atoms with E-state index in [0.29, 0.717) is 23.0 Å². The third kappa shape index (κ3) is 2.34. The first-order valence-corrected chi connectivity index (χ1v) is 6.67. The van der Waals surface area contributed by atoms with Gasteiger partial charge in [0.2, 0.25) is 5.95 Å². The third-order valence-electron chi connectivity index (χ3n) is 3.30. The average molecular weight is 290 g/mol. The molecule has 0 fully saturated rings. The van der Waals surface area contributed by atoms with Crippen molar-refractivity contribution in [2.75, 3.05) is 5.73 Å². The summed E-state index contributed by atoms with van der Waals surface area (Å²) < 4.78 is 14.8. The molecular weight excluding hydrogens is 277 g/mol. The van der Waals surface area contributed by atoms with E-state index in [1.807, 2.05) is 16.7 Å². The van der Waals surface area contributed by atoms with Gasteiger partial charge in [-0.25, -0.2) is 9.37 Å². The Kier molecular flexibility index (Phi) is 3.32. The van der Waals surface area contributed by atoms with Crippen molar-refractivity contribution in [2.45, 2.75) is 13.0 Å². The van der Waals surface area contributed by atoms with Crippen LogP contribution >= 0.6 is 11.6 Å². The van der Waals surface area contributed by atoms with Gasteiger partial charge in [-0.3, -0.25) is 0 Å². The Balaban J connectivity index is 1.89. The lowest BCUT2D eigenvalue weighted by molar-refractivity contribution is 0.626. The number of para-hydroxylation sites is 1. The Morgan fingerprint density at radius 3 is 2.65 bits per heavy atom. The van der Waals surface area contributed by atoms with Gasteiger partial charge in [0, 0.05) is 6.54 Å². The molecule has 0 radical (unpaired) electrons. The van der Waals surface area contributed by atoms with Crippen LogP contribution in [0.4, 0.5) is 10.3 Å². The van der Waals surface area contributed by atoms with Crippen LogP contribution in [0.5, 0.6) is 0 Å². The van der Waals surface area contributed by atoms with Gasteiger partial charge in [0.1, 0.15) is 11.3 Å². The van der Waals surface area contributed by atoms with Gasteiger partial charge in [-0.2, -0.15) is 0 Å². The van der Waals surface area contributed by atoms with E-state index in [1.165, 1.54) is 12.1 Å². The monoisotopic (exact) mass is 289 g/mol. The summed E-state index contributed by atoms with van der Waals surface area (Å²) in [4.78, 5) is 4.29. The number of benzene rings is 2. The molecule has 3 nitrogen and oxygen atoms in total. The van der Waals surface area contributed by atoms with Crippen LogP contribution in [0.3, 0.4) is 0 Å². The molecule has 2 aromatic carbocycles. The standard InChI is InChI=1S/C15H13ClFN3/c16-12-2-1-3-13-14(12)19-15(18)20(13)9-8-10-4-6-11(17)7-5-10/h1-7H,8-9H2,(H2,18,19). The van der Waals surface area contributed by atoms with Crippen molar-refractivity contribution in [1.82, 2.24) is 9.55 Å². The number of imidazole rings is 1. The molecular formula is C15H13ClFN3. The van der Waals surface area contributed by atoms with Crippen molar-refractivity contribution in [1.29, 1.82) is 0 Å². The highest BCUT2D eigenvalue weighted by Gasteiger charge is 2.10. The van der Waals surface area contributed by atoms with Crippen LogP contribution in [-0.4, -0.2) is 9.55 Å². The van der Waals surface area contributed by atoms with Gasteiger partial charge in [-0.15, -0.1) is 0 Å². The Morgan fingerprint density at radius 2 is 1.90 bits per heavy atom. The van der Waals surface area contributed by atoms with Crippen molar-refractivity contribution in [2.24, 2.45) is 0 Å². The smallest absolute Gasteiger partial charge is 0.201 e. The summed E-state index contributed by atoms with van der Waals surface area (Å²) in [6.07, 6.45) is 0.752. The summed E-state index contributed by atoms with van der Waals surface area (Å²) in [5, 5.41) is 0.592. The fraction of sp³-hybridized carbons (Fsp3) is 0.133. The largest absolute Gasteiger partial charge is 0.369 e. The van der Waals surface area contributed by atoms with E-state index in [4.69, 9.17) is 17.3 Å². The molecule has 0 aliphatic rings. The van der Waals surface area contributed by atoms with Crippen LogP contribution in [0.15, 0.2) is 42.5 Å². The quantitative estimate of drug-likeness (QED) is 0.800. The van der Waals surface area contributed by atoms with Crippen LogP contribution in [0.25, 0.3) is 11.0 Å². The minimum Gasteiger partial charge on any atom is -0.369 e. The van der Waals surface area contributed by atoms with E-state index in [9.17, 15) is 4.39 Å². The van der Waals surface area contributed by atoms with E-state index < -0.39 is 0 Å². The minimum absolute atomic E-state index is 0.229. The topological polar surface area (TPSA) is 43.8 Å². The lowest BCUT2D eigenvalue weighted by atomic mass is 10.1. The second-order valence-corrected chi connectivity index (χ2v) is 5.01. The summed E-state index contributed by atoms with van der Waals surface area (Å²) >= 11 is 6.10. The van der Waals surface area contributed by atoms with E-state index in [0.717, 1.165) is 17.5 Å². The maximum Gasteiger partial charge on any atom is 0.201 e. The second-order valence-electron chi connectivity index (χ2n) is 4.61. The zero-order chi connectivity index (χ0) is 14.1. The molecule has 2 N–H and O–H groups in total. The zero-order valence-electron chi connectivity index (χ0n) is 10.7. The second kappa shape index (κ2) is 5.13. The summed E-state index contributed by atoms with van der Waals surface area (Å²) in [6.45, 7) is 0.675. The fourth-order valence-electron chi connectivity index (χ4n) is 2.26. The molecule has 1 heterocycles. The van der Waals surface area contributed by atoms with Crippen LogP contribution in [0, 0.1) is 5.82 Å². The lowest BCUT2D eigenvalue weighted by Gasteiger charge is -2.06. The summed E-state index contributed by atoms with van der Waals surface area (Å²) in [6, 6.07) is 12.1. The normalized spacial score (nSPS) is 11.1. The summed E-state index contributed by atoms with van der Waals surface area (Å²) in [5.41, 5.74) is 8.62. The third-order valence-corrected chi connectivity index (χ3v) is 3.60. The number of nitrogens with zero attached hydrogens (tertiary/aromatic N) is 2. The number of fused-ring (bicyclic) bond motifs is 1. The van der Waals surface area contributed by atoms with Gasteiger partial charge in [0.15, 0.2) is 0 Å². The Hall–Kier alpha value is -2.07. The lowest BCUT2D eigenvalue weighted by Crippen LogP contribution is -2.05. The highest BCUT2D eigenvalue weighted by atomic mass is 35.5. The molecule has 0 amide bonds. The van der Waals surface area contributed by atoms with Crippen LogP contribution < -0.4 is 5.73 Å². The molecule has 0 unspecified atom stereocenters. The first-order chi connectivity index (χ1) is 9.65. The number of rotatable bonds is 3. The van der Waals surface area contributed by atoms with Crippen molar-refractivity contribution in [3.05, 3.63) is 58.9 Å². The molecule has 0 aliphatic carbocycles. The Labute approximate surface area is 120 Å². The SMILES string of the molecule is Nc1nc2c(Cl)cccc2n1CCc1ccc(F)cc1. The van der Waals surface area contributed by atoms with E-state index in [2.05, 4.69) is 4.98 Å². The molecule has 1 aromatic heterocycles. The van der Waals surface area contributed by atoms with Crippen LogP contribution in [-0.2, 0) is 13.0 Å². The molecule has 102 valence electrons. The molecule has 0 saturated heterocycles. The number of anilines is 1. The van der Waals surface area contributed by atoms with Gasteiger partial charge in [-0.1, -0.05) is 29.8 Å². The van der Waals surface area contributed by atoms with Gasteiger partial charge >= 0.3 is 0 Å². The number of hydrogen-bond donors (Lipinski definition) is 1. The molecule has 20 heavy (non-hydrogen) atoms. The van der Waals surface area contributed by atoms with Crippen molar-refractivity contribution < 1.29 is 4.39 Å². The van der Waals surface area contributed by atoms with Crippen LogP contribution in [0.2, 0.25) is 5.02 Å². The molecule has 0 atom stereocenters. The molecule has 3 rings (SSSR count). The van der Waals surface area contributed by atoms with Crippen molar-refractivity contribution in [3.8, 4) is 0 Å². The summed E-state index contributed by atoms with van der Waals surface area (Å²) in [5.74, 6) is 0.211. The predicted molar refractivity (Wildman–Crippen MR) is 79.3 cm³/mol. The number of aryl methyl sites for hydroxylation is 2. The van der Waals surface area contributed by atoms with Crippen molar-refractivity contribution in [3.63, 3.8) is 0 Å². The summed E-state index contributed by atoms with van der Waals surface area (Å²) in [7, 11) is 0. The first kappa shape index (κ1) is 12.9. The van der Waals surface area contributed by atoms with Crippen molar-refractivity contribution >= 4 is 28.6 Å². The average Bonchev–Trinajstić information content (AvgIpc) is 2.76. The molecule has 0 aliphatic heterocycles. The maximum atomic E-state index is 12.9. The van der Waals surface area contributed by atoms with E-state index >= 15 is 0 Å². The number of aromatic nitrogens is 2. The van der Waals surface area contributed by atoms with Crippen LogP contribution in [0.1, 0.15) is 5.56 Å². The van der Waals surface area contributed by atoms with Gasteiger partial charge in [0.05, 0.1) is 10.5 Å². The molecule has 3 aromatic rings. The molecule has 5 heteroatoms. The van der Waals surface area contributed by atoms with E-state index in [1.54, 1.807) is 18.2 Å². The Bertz CT molecular complexity index is 750. The number of hydrogen-bond acceptors (Lipinski definition) is 2. The first-order valence-electron chi connectivity index (χ1n) is 6.30. The minimum atomic E-state index is -0.229. The fourth-order valence-corrected chi connectivity index (χ4v) is 2.47. The predicted octanol–water partition coefficient (Wildman–Crippen LogP) is 3.65. The number of nitrogen functional groups attached to an aromatic ring is 1. The zero-order valence-corrected chi connectivity index (χ0v) is 11.4. The number of nitrogens with two attached hydrogens (primary N) is 1. The van der Waals surface area contributed by atoms with E-state index in [-0.39, 0.29) is 5.82 Å². The molecule has 0 bridgehead atoms. The highest BCUT2D eigenvalue weighted by Crippen LogP contribution is 2.25.